The number of aromatic nitrogens is 2. The molecule has 2 aromatic rings. The molecule has 0 saturated carbocycles. The van der Waals surface area contributed by atoms with E-state index in [0.29, 0.717) is 0 Å². The summed E-state index contributed by atoms with van der Waals surface area (Å²) in [6.45, 7) is 0. The molecule has 0 saturated heterocycles. The number of methoxy groups -OCH3 is 1. The predicted molar refractivity (Wildman–Crippen MR) is 56.8 cm³/mol. The Bertz CT molecular complexity index is 566. The third kappa shape index (κ3) is 1.67. The van der Waals surface area contributed by atoms with Gasteiger partial charge < -0.3 is 9.72 Å². The van der Waals surface area contributed by atoms with Crippen LogP contribution in [-0.4, -0.2) is 17.1 Å². The van der Waals surface area contributed by atoms with Crippen LogP contribution < -0.4 is 10.3 Å². The number of nitrogens with one attached hydrogen (secondary N) is 1. The third-order valence-electron chi connectivity index (χ3n) is 2.14. The molecule has 4 nitrogen and oxygen atoms in total. The highest BCUT2D eigenvalue weighted by molar-refractivity contribution is 5.65. The number of aromatic amines is 1. The first-order valence-corrected chi connectivity index (χ1v) is 4.60. The van der Waals surface area contributed by atoms with Crippen LogP contribution in [0.15, 0.2) is 35.4 Å². The van der Waals surface area contributed by atoms with Crippen LogP contribution in [-0.2, 0) is 0 Å². The number of H-pyrrole nitrogens is 1. The number of benzene rings is 1. The van der Waals surface area contributed by atoms with Crippen molar-refractivity contribution >= 4 is 0 Å². The first kappa shape index (κ1) is 10.4. The van der Waals surface area contributed by atoms with E-state index in [-0.39, 0.29) is 17.0 Å². The van der Waals surface area contributed by atoms with Crippen LogP contribution in [0.3, 0.4) is 0 Å². The van der Waals surface area contributed by atoms with Crippen LogP contribution in [0.5, 0.6) is 5.75 Å². The van der Waals surface area contributed by atoms with E-state index in [2.05, 4.69) is 9.97 Å². The van der Waals surface area contributed by atoms with Gasteiger partial charge in [-0.3, -0.25) is 4.79 Å². The van der Waals surface area contributed by atoms with Crippen LogP contribution in [0.1, 0.15) is 0 Å². The molecule has 0 fully saturated rings. The summed E-state index contributed by atoms with van der Waals surface area (Å²) < 4.78 is 18.4. The van der Waals surface area contributed by atoms with Crippen LogP contribution in [0.4, 0.5) is 4.39 Å². The lowest BCUT2D eigenvalue weighted by molar-refractivity contribution is 0.407. The lowest BCUT2D eigenvalue weighted by Crippen LogP contribution is -2.11. The van der Waals surface area contributed by atoms with Crippen molar-refractivity contribution in [2.24, 2.45) is 0 Å². The van der Waals surface area contributed by atoms with Gasteiger partial charge in [-0.15, -0.1) is 0 Å². The topological polar surface area (TPSA) is 55.0 Å². The molecule has 5 heteroatoms. The van der Waals surface area contributed by atoms with Gasteiger partial charge in [-0.25, -0.2) is 9.37 Å². The molecule has 1 N–H and O–H groups in total. The first-order chi connectivity index (χ1) is 7.74. The van der Waals surface area contributed by atoms with Crippen molar-refractivity contribution < 1.29 is 9.13 Å². The lowest BCUT2D eigenvalue weighted by Gasteiger charge is -2.06. The standard InChI is InChI=1S/C11H9FN2O2/c1-16-10-9(13-6-14-11(10)15)7-4-2-3-5-8(7)12/h2-6H,1H3,(H,13,14,15). The molecule has 1 heterocycles. The summed E-state index contributed by atoms with van der Waals surface area (Å²) in [6, 6.07) is 6.08. The summed E-state index contributed by atoms with van der Waals surface area (Å²) in [4.78, 5) is 17.7. The monoisotopic (exact) mass is 220 g/mol. The molecule has 0 amide bonds. The average molecular weight is 220 g/mol. The molecule has 0 spiro atoms. The Morgan fingerprint density at radius 1 is 1.38 bits per heavy atom. The van der Waals surface area contributed by atoms with Crippen molar-refractivity contribution in [1.82, 2.24) is 9.97 Å². The van der Waals surface area contributed by atoms with Gasteiger partial charge in [0.25, 0.3) is 5.56 Å². The van der Waals surface area contributed by atoms with E-state index in [0.717, 1.165) is 0 Å². The van der Waals surface area contributed by atoms with E-state index in [4.69, 9.17) is 4.74 Å². The van der Waals surface area contributed by atoms with Crippen molar-refractivity contribution in [3.63, 3.8) is 0 Å². The Morgan fingerprint density at radius 2 is 2.12 bits per heavy atom. The second kappa shape index (κ2) is 4.14. The Kier molecular flexibility index (Phi) is 2.68. The minimum Gasteiger partial charge on any atom is -0.490 e. The zero-order valence-corrected chi connectivity index (χ0v) is 8.53. The Hall–Kier alpha value is -2.17. The molecule has 0 unspecified atom stereocenters. The smallest absolute Gasteiger partial charge is 0.293 e. The number of ether oxygens (including phenoxy) is 1. The summed E-state index contributed by atoms with van der Waals surface area (Å²) in [5, 5.41) is 0. The van der Waals surface area contributed by atoms with Gasteiger partial charge >= 0.3 is 0 Å². The van der Waals surface area contributed by atoms with Crippen LogP contribution in [0, 0.1) is 5.82 Å². The average Bonchev–Trinajstić information content (AvgIpc) is 2.29. The largest absolute Gasteiger partial charge is 0.490 e. The van der Waals surface area contributed by atoms with Gasteiger partial charge in [-0.05, 0) is 12.1 Å². The van der Waals surface area contributed by atoms with Crippen molar-refractivity contribution in [1.29, 1.82) is 0 Å². The molecule has 0 bridgehead atoms. The van der Waals surface area contributed by atoms with Crippen LogP contribution >= 0.6 is 0 Å². The van der Waals surface area contributed by atoms with E-state index in [1.807, 2.05) is 0 Å². The SMILES string of the molecule is COc1c(-c2ccccc2F)nc[nH]c1=O. The van der Waals surface area contributed by atoms with E-state index in [9.17, 15) is 9.18 Å². The summed E-state index contributed by atoms with van der Waals surface area (Å²) in [7, 11) is 1.34. The maximum Gasteiger partial charge on any atom is 0.293 e. The summed E-state index contributed by atoms with van der Waals surface area (Å²) in [6.07, 6.45) is 1.21. The molecule has 0 aliphatic heterocycles. The highest BCUT2D eigenvalue weighted by atomic mass is 19.1. The fourth-order valence-corrected chi connectivity index (χ4v) is 1.42. The summed E-state index contributed by atoms with van der Waals surface area (Å²) in [5.74, 6) is -0.438. The van der Waals surface area contributed by atoms with Crippen molar-refractivity contribution in [3.8, 4) is 17.0 Å². The zero-order chi connectivity index (χ0) is 11.5. The van der Waals surface area contributed by atoms with Gasteiger partial charge in [-0.1, -0.05) is 12.1 Å². The molecule has 0 radical (unpaired) electrons. The fraction of sp³-hybridized carbons (Fsp3) is 0.0909. The van der Waals surface area contributed by atoms with Crippen molar-refractivity contribution in [3.05, 3.63) is 46.8 Å². The second-order valence-corrected chi connectivity index (χ2v) is 3.09. The molecule has 0 aliphatic rings. The van der Waals surface area contributed by atoms with Gasteiger partial charge in [-0.2, -0.15) is 0 Å². The quantitative estimate of drug-likeness (QED) is 0.836. The van der Waals surface area contributed by atoms with E-state index in [1.54, 1.807) is 18.2 Å². The van der Waals surface area contributed by atoms with Gasteiger partial charge in [0.1, 0.15) is 11.5 Å². The Labute approximate surface area is 90.7 Å². The third-order valence-corrected chi connectivity index (χ3v) is 2.14. The summed E-state index contributed by atoms with van der Waals surface area (Å²) >= 11 is 0. The van der Waals surface area contributed by atoms with Crippen molar-refractivity contribution in [2.45, 2.75) is 0 Å². The Balaban J connectivity index is 2.70. The molecule has 2 rings (SSSR count). The van der Waals surface area contributed by atoms with Crippen molar-refractivity contribution in [2.75, 3.05) is 7.11 Å². The summed E-state index contributed by atoms with van der Waals surface area (Å²) in [5.41, 5.74) is 0.00514. The minimum atomic E-state index is -0.445. The van der Waals surface area contributed by atoms with Gasteiger partial charge in [0.2, 0.25) is 5.75 Å². The maximum absolute atomic E-state index is 13.5. The predicted octanol–water partition coefficient (Wildman–Crippen LogP) is 1.58. The van der Waals surface area contributed by atoms with Gasteiger partial charge in [0.15, 0.2) is 0 Å². The highest BCUT2D eigenvalue weighted by Crippen LogP contribution is 2.25. The number of hydrogen-bond acceptors (Lipinski definition) is 3. The van der Waals surface area contributed by atoms with Gasteiger partial charge in [0, 0.05) is 5.56 Å². The zero-order valence-electron chi connectivity index (χ0n) is 8.53. The van der Waals surface area contributed by atoms with E-state index >= 15 is 0 Å². The lowest BCUT2D eigenvalue weighted by atomic mass is 10.1. The van der Waals surface area contributed by atoms with Crippen LogP contribution in [0.2, 0.25) is 0 Å². The van der Waals surface area contributed by atoms with Crippen LogP contribution in [0.25, 0.3) is 11.3 Å². The molecule has 0 atom stereocenters. The Morgan fingerprint density at radius 3 is 2.81 bits per heavy atom. The number of rotatable bonds is 2. The van der Waals surface area contributed by atoms with E-state index < -0.39 is 11.4 Å². The number of halogens is 1. The fourth-order valence-electron chi connectivity index (χ4n) is 1.42. The maximum atomic E-state index is 13.5. The normalized spacial score (nSPS) is 10.1. The molecule has 16 heavy (non-hydrogen) atoms. The highest BCUT2D eigenvalue weighted by Gasteiger charge is 2.14. The molecule has 82 valence electrons. The van der Waals surface area contributed by atoms with Gasteiger partial charge in [0.05, 0.1) is 13.4 Å². The minimum absolute atomic E-state index is 0.00704. The molecule has 1 aromatic heterocycles. The first-order valence-electron chi connectivity index (χ1n) is 4.60. The molecular formula is C11H9FN2O2. The molecule has 0 aliphatic carbocycles. The molecular weight excluding hydrogens is 211 g/mol. The van der Waals surface area contributed by atoms with E-state index in [1.165, 1.54) is 19.5 Å². The second-order valence-electron chi connectivity index (χ2n) is 3.09. The number of nitrogens with zero attached hydrogens (tertiary/aromatic N) is 1. The number of hydrogen-bond donors (Lipinski definition) is 1. The molecule has 1 aromatic carbocycles.